The Hall–Kier alpha value is -4.98. The molecule has 0 aliphatic carbocycles. The first kappa shape index (κ1) is 28.5. The number of hydrogen-bond donors (Lipinski definition) is 1. The van der Waals surface area contributed by atoms with Crippen molar-refractivity contribution in [3.63, 3.8) is 0 Å². The first-order valence-electron chi connectivity index (χ1n) is 13.2. The Kier molecular flexibility index (Phi) is 8.06. The quantitative estimate of drug-likeness (QED) is 0.220. The number of nitrogens with one attached hydrogen (secondary N) is 1. The van der Waals surface area contributed by atoms with Crippen LogP contribution in [0.3, 0.4) is 0 Å². The van der Waals surface area contributed by atoms with Crippen LogP contribution < -0.4 is 14.6 Å². The molecule has 3 aromatic carbocycles. The van der Waals surface area contributed by atoms with Gasteiger partial charge in [-0.3, -0.25) is 0 Å². The lowest BCUT2D eigenvalue weighted by molar-refractivity contribution is -0.618. The normalized spacial score (nSPS) is 11.2. The maximum atomic E-state index is 10.4. The summed E-state index contributed by atoms with van der Waals surface area (Å²) in [7, 11) is -0.603. The second-order valence-corrected chi connectivity index (χ2v) is 11.1. The zero-order chi connectivity index (χ0) is 29.9. The zero-order valence-electron chi connectivity index (χ0n) is 23.4. The highest BCUT2D eigenvalue weighted by molar-refractivity contribution is 7.85. The van der Waals surface area contributed by atoms with Crippen LogP contribution in [0.25, 0.3) is 27.7 Å². The topological polar surface area (TPSA) is 123 Å². The number of para-hydroxylation sites is 2. The van der Waals surface area contributed by atoms with Crippen molar-refractivity contribution >= 4 is 43.5 Å². The van der Waals surface area contributed by atoms with E-state index < -0.39 is 10.1 Å². The Morgan fingerprint density at radius 3 is 2.52 bits per heavy atom. The van der Waals surface area contributed by atoms with Crippen LogP contribution in [0.1, 0.15) is 16.7 Å². The van der Waals surface area contributed by atoms with Crippen molar-refractivity contribution in [2.24, 2.45) is 7.05 Å². The Morgan fingerprint density at radius 2 is 1.81 bits per heavy atom. The van der Waals surface area contributed by atoms with Crippen molar-refractivity contribution in [2.45, 2.75) is 18.2 Å². The third-order valence-electron chi connectivity index (χ3n) is 7.03. The van der Waals surface area contributed by atoms with Crippen molar-refractivity contribution in [1.29, 1.82) is 5.26 Å². The molecule has 3 aromatic heterocycles. The largest absolute Gasteiger partial charge is 0.744 e. The van der Waals surface area contributed by atoms with Crippen LogP contribution in [0.15, 0.2) is 96.0 Å². The predicted molar refractivity (Wildman–Crippen MR) is 160 cm³/mol. The summed E-state index contributed by atoms with van der Waals surface area (Å²) in [6.07, 6.45) is 2.60. The van der Waals surface area contributed by atoms with Crippen LogP contribution in [-0.4, -0.2) is 36.0 Å². The summed E-state index contributed by atoms with van der Waals surface area (Å²) in [5.41, 5.74) is 7.29. The molecule has 0 fully saturated rings. The van der Waals surface area contributed by atoms with Gasteiger partial charge in [-0.25, -0.2) is 18.0 Å². The third-order valence-corrected chi connectivity index (χ3v) is 7.88. The summed E-state index contributed by atoms with van der Waals surface area (Å²) < 4.78 is 40.6. The number of ether oxygens (including phenoxy) is 1. The Balaban J connectivity index is 0.000000271. The molecule has 1 N–H and O–H groups in total. The molecular formula is C32H29N5O4S. The van der Waals surface area contributed by atoms with E-state index in [1.807, 2.05) is 56.4 Å². The summed E-state index contributed by atoms with van der Waals surface area (Å²) in [5, 5.41) is 14.6. The highest BCUT2D eigenvalue weighted by atomic mass is 32.2. The highest BCUT2D eigenvalue weighted by Gasteiger charge is 2.27. The zero-order valence-corrected chi connectivity index (χ0v) is 24.2. The van der Waals surface area contributed by atoms with Crippen molar-refractivity contribution in [1.82, 2.24) is 9.38 Å². The molecule has 0 radical (unpaired) electrons. The van der Waals surface area contributed by atoms with Crippen LogP contribution in [0.4, 0.5) is 5.69 Å². The Labute approximate surface area is 244 Å². The van der Waals surface area contributed by atoms with Gasteiger partial charge < -0.3 is 14.6 Å². The molecule has 212 valence electrons. The average molecular weight is 580 g/mol. The molecule has 0 aliphatic heterocycles. The van der Waals surface area contributed by atoms with Crippen LogP contribution in [0.5, 0.6) is 5.75 Å². The molecule has 0 amide bonds. The van der Waals surface area contributed by atoms with Crippen LogP contribution in [-0.2, 0) is 23.6 Å². The number of aromatic nitrogens is 3. The maximum Gasteiger partial charge on any atom is 0.309 e. The van der Waals surface area contributed by atoms with Gasteiger partial charge in [-0.05, 0) is 67.4 Å². The predicted octanol–water partition coefficient (Wildman–Crippen LogP) is 4.90. The molecule has 0 aliphatic rings. The monoisotopic (exact) mass is 579 g/mol. The molecule has 9 nitrogen and oxygen atoms in total. The molecule has 0 spiro atoms. The number of rotatable bonds is 6. The molecule has 42 heavy (non-hydrogen) atoms. The molecule has 0 saturated carbocycles. The highest BCUT2D eigenvalue weighted by Crippen LogP contribution is 2.31. The Bertz CT molecular complexity index is 2060. The summed E-state index contributed by atoms with van der Waals surface area (Å²) in [4.78, 5) is 4.50. The lowest BCUT2D eigenvalue weighted by atomic mass is 10.1. The van der Waals surface area contributed by atoms with Gasteiger partial charge in [0, 0.05) is 12.7 Å². The number of benzene rings is 3. The summed E-state index contributed by atoms with van der Waals surface area (Å²) in [5.74, 6) is 0.846. The number of nitriles is 1. The molecule has 0 saturated heterocycles. The summed E-state index contributed by atoms with van der Waals surface area (Å²) >= 11 is 0. The van der Waals surface area contributed by atoms with Crippen LogP contribution in [0.2, 0.25) is 0 Å². The van der Waals surface area contributed by atoms with Crippen molar-refractivity contribution < 1.29 is 22.3 Å². The molecule has 3 heterocycles. The molecule has 6 rings (SSSR count). The van der Waals surface area contributed by atoms with E-state index in [1.165, 1.54) is 17.7 Å². The van der Waals surface area contributed by atoms with E-state index in [9.17, 15) is 18.2 Å². The van der Waals surface area contributed by atoms with Gasteiger partial charge in [0.25, 0.3) is 0 Å². The first-order chi connectivity index (χ1) is 20.2. The molecule has 6 aromatic rings. The molecule has 0 unspecified atom stereocenters. The van der Waals surface area contributed by atoms with Crippen LogP contribution in [0, 0.1) is 18.3 Å². The standard InChI is InChI=1S/C25H21N5O.C7H8O3S/c1-29-21-10-3-4-11-22(21)30-24-19(9-6-13-28-24)23(20(16-26)25(29)30)27-14-12-17-7-5-8-18(15-17)31-2;1-6-2-4-7(5-3-6)11(8,9)10/h3-11,13,15H,12,14H2,1-2H3;2-5H,1H3,(H,8,9,10). The van der Waals surface area contributed by atoms with Gasteiger partial charge in [-0.15, -0.1) is 0 Å². The van der Waals surface area contributed by atoms with E-state index in [4.69, 9.17) is 4.74 Å². The van der Waals surface area contributed by atoms with Crippen LogP contribution >= 0.6 is 0 Å². The SMILES string of the molecule is COc1cccc(CCNc2c(C#N)c3n(c4ccccc4[n+]3C)c3ncccc23)c1.Cc1ccc(S(=O)(=O)[O-])cc1. The smallest absolute Gasteiger partial charge is 0.309 e. The first-order valence-corrected chi connectivity index (χ1v) is 14.6. The molecular weight excluding hydrogens is 550 g/mol. The second kappa shape index (κ2) is 11.9. The fourth-order valence-corrected chi connectivity index (χ4v) is 5.45. The van der Waals surface area contributed by atoms with E-state index in [-0.39, 0.29) is 4.90 Å². The van der Waals surface area contributed by atoms with E-state index in [1.54, 1.807) is 25.4 Å². The number of methoxy groups -OCH3 is 1. The molecule has 0 atom stereocenters. The van der Waals surface area contributed by atoms with E-state index in [2.05, 4.69) is 43.5 Å². The number of imidazole rings is 1. The van der Waals surface area contributed by atoms with E-state index >= 15 is 0 Å². The number of anilines is 1. The molecule has 10 heteroatoms. The number of nitrogens with zero attached hydrogens (tertiary/aromatic N) is 4. The minimum atomic E-state index is -4.27. The van der Waals surface area contributed by atoms with Crippen molar-refractivity contribution in [3.8, 4) is 11.8 Å². The number of aryl methyl sites for hydroxylation is 2. The second-order valence-electron chi connectivity index (χ2n) is 9.74. The van der Waals surface area contributed by atoms with Gasteiger partial charge >= 0.3 is 5.65 Å². The third kappa shape index (κ3) is 5.61. The van der Waals surface area contributed by atoms with E-state index in [0.29, 0.717) is 12.1 Å². The average Bonchev–Trinajstić information content (AvgIpc) is 3.30. The van der Waals surface area contributed by atoms with Gasteiger partial charge in [-0.2, -0.15) is 9.66 Å². The lowest BCUT2D eigenvalue weighted by Gasteiger charge is -2.11. The number of hydrogen-bond acceptors (Lipinski definition) is 7. The fraction of sp³-hybridized carbons (Fsp3) is 0.156. The van der Waals surface area contributed by atoms with Crippen molar-refractivity contribution in [3.05, 3.63) is 108 Å². The Morgan fingerprint density at radius 1 is 1.05 bits per heavy atom. The number of fused-ring (bicyclic) bond motifs is 5. The van der Waals surface area contributed by atoms with Gasteiger partial charge in [0.2, 0.25) is 5.65 Å². The minimum absolute atomic E-state index is 0.178. The summed E-state index contributed by atoms with van der Waals surface area (Å²) in [6, 6.07) is 28.4. The van der Waals surface area contributed by atoms with Gasteiger partial charge in [0.15, 0.2) is 16.6 Å². The van der Waals surface area contributed by atoms with Crippen molar-refractivity contribution in [2.75, 3.05) is 19.0 Å². The number of pyridine rings is 2. The van der Waals surface area contributed by atoms with E-state index in [0.717, 1.165) is 51.1 Å². The minimum Gasteiger partial charge on any atom is -0.744 e. The fourth-order valence-electron chi connectivity index (χ4n) is 4.98. The van der Waals surface area contributed by atoms with Gasteiger partial charge in [0.05, 0.1) is 30.1 Å². The van der Waals surface area contributed by atoms with Gasteiger partial charge in [0.1, 0.15) is 21.9 Å². The maximum absolute atomic E-state index is 10.4. The molecule has 0 bridgehead atoms. The summed E-state index contributed by atoms with van der Waals surface area (Å²) in [6.45, 7) is 2.51. The van der Waals surface area contributed by atoms with Gasteiger partial charge in [-0.1, -0.05) is 42.0 Å². The lowest BCUT2D eigenvalue weighted by Crippen LogP contribution is -2.28.